The van der Waals surface area contributed by atoms with Crippen LogP contribution in [-0.4, -0.2) is 20.9 Å². The van der Waals surface area contributed by atoms with Crippen molar-refractivity contribution in [3.63, 3.8) is 0 Å². The Kier molecular flexibility index (Phi) is 3.87. The second-order valence-corrected chi connectivity index (χ2v) is 4.99. The van der Waals surface area contributed by atoms with Crippen LogP contribution in [-0.2, 0) is 14.5 Å². The zero-order chi connectivity index (χ0) is 13.9. The second-order valence-electron chi connectivity index (χ2n) is 3.71. The predicted octanol–water partition coefficient (Wildman–Crippen LogP) is 2.06. The number of hydrogen-bond donors (Lipinski definition) is 0. The molecule has 0 aromatic heterocycles. The average Bonchev–Trinajstić information content (AvgIpc) is 2.37. The van der Waals surface area contributed by atoms with E-state index < -0.39 is 10.3 Å². The quantitative estimate of drug-likeness (QED) is 0.627. The minimum absolute atomic E-state index is 0.0502. The standard InChI is InChI=1S/C12H14N2O4S/c1-3-18-19(15,16)13-10(2)14-8-9-17-12-7-5-4-6-11(12)14/h4-9H,3H2,1-2H3/b13-10-. The number of anilines is 1. The van der Waals surface area contributed by atoms with E-state index in [1.165, 1.54) is 6.26 Å². The molecule has 7 heteroatoms. The van der Waals surface area contributed by atoms with Crippen LogP contribution in [0.15, 0.2) is 41.1 Å². The van der Waals surface area contributed by atoms with Gasteiger partial charge in [-0.1, -0.05) is 12.1 Å². The summed E-state index contributed by atoms with van der Waals surface area (Å²) in [5, 5.41) is 0. The molecular formula is C12H14N2O4S. The fourth-order valence-electron chi connectivity index (χ4n) is 1.66. The number of nitrogens with zero attached hydrogens (tertiary/aromatic N) is 2. The Morgan fingerprint density at radius 1 is 1.42 bits per heavy atom. The van der Waals surface area contributed by atoms with Crippen LogP contribution in [0.25, 0.3) is 0 Å². The van der Waals surface area contributed by atoms with Gasteiger partial charge in [0.25, 0.3) is 0 Å². The zero-order valence-electron chi connectivity index (χ0n) is 10.6. The number of hydrogen-bond acceptors (Lipinski definition) is 4. The van der Waals surface area contributed by atoms with E-state index in [1.54, 1.807) is 31.0 Å². The van der Waals surface area contributed by atoms with Crippen molar-refractivity contribution in [2.24, 2.45) is 4.40 Å². The maximum absolute atomic E-state index is 11.5. The van der Waals surface area contributed by atoms with Crippen molar-refractivity contribution in [2.45, 2.75) is 13.8 Å². The van der Waals surface area contributed by atoms with Gasteiger partial charge in [0.15, 0.2) is 5.75 Å². The van der Waals surface area contributed by atoms with E-state index in [-0.39, 0.29) is 12.4 Å². The van der Waals surface area contributed by atoms with Gasteiger partial charge in [-0.3, -0.25) is 9.08 Å². The van der Waals surface area contributed by atoms with E-state index in [2.05, 4.69) is 8.58 Å². The third kappa shape index (κ3) is 3.12. The molecule has 0 bridgehead atoms. The summed E-state index contributed by atoms with van der Waals surface area (Å²) in [5.74, 6) is 0.911. The highest BCUT2D eigenvalue weighted by atomic mass is 32.2. The molecule has 1 aliphatic heterocycles. The summed E-state index contributed by atoms with van der Waals surface area (Å²) in [6.45, 7) is 3.23. The molecule has 0 radical (unpaired) electrons. The number of ether oxygens (including phenoxy) is 1. The third-order valence-electron chi connectivity index (χ3n) is 2.39. The van der Waals surface area contributed by atoms with Crippen LogP contribution < -0.4 is 9.64 Å². The smallest absolute Gasteiger partial charge is 0.382 e. The van der Waals surface area contributed by atoms with Crippen LogP contribution in [0.1, 0.15) is 13.8 Å². The van der Waals surface area contributed by atoms with E-state index >= 15 is 0 Å². The lowest BCUT2D eigenvalue weighted by molar-refractivity contribution is 0.339. The molecule has 1 aromatic carbocycles. The molecular weight excluding hydrogens is 268 g/mol. The molecule has 19 heavy (non-hydrogen) atoms. The molecule has 0 fully saturated rings. The van der Waals surface area contributed by atoms with Crippen LogP contribution in [0.4, 0.5) is 5.69 Å². The van der Waals surface area contributed by atoms with Crippen LogP contribution in [0.5, 0.6) is 5.75 Å². The number of benzene rings is 1. The second kappa shape index (κ2) is 5.41. The first-order chi connectivity index (χ1) is 9.03. The maximum atomic E-state index is 11.5. The van der Waals surface area contributed by atoms with Crippen molar-refractivity contribution in [2.75, 3.05) is 11.5 Å². The van der Waals surface area contributed by atoms with E-state index in [9.17, 15) is 8.42 Å². The summed E-state index contributed by atoms with van der Waals surface area (Å²) in [5.41, 5.74) is 0.720. The highest BCUT2D eigenvalue weighted by Gasteiger charge is 2.18. The van der Waals surface area contributed by atoms with Crippen molar-refractivity contribution >= 4 is 21.8 Å². The minimum Gasteiger partial charge on any atom is -0.461 e. The first-order valence-electron chi connectivity index (χ1n) is 5.71. The summed E-state index contributed by atoms with van der Waals surface area (Å²) in [6.07, 6.45) is 3.07. The number of rotatable bonds is 3. The third-order valence-corrected chi connectivity index (χ3v) is 3.41. The van der Waals surface area contributed by atoms with Crippen LogP contribution >= 0.6 is 0 Å². The van der Waals surface area contributed by atoms with Crippen molar-refractivity contribution < 1.29 is 17.3 Å². The molecule has 0 atom stereocenters. The largest absolute Gasteiger partial charge is 0.461 e. The van der Waals surface area contributed by atoms with Gasteiger partial charge in [0.05, 0.1) is 12.3 Å². The van der Waals surface area contributed by atoms with Gasteiger partial charge in [-0.15, -0.1) is 4.40 Å². The van der Waals surface area contributed by atoms with Crippen LogP contribution in [0.2, 0.25) is 0 Å². The van der Waals surface area contributed by atoms with Gasteiger partial charge in [0, 0.05) is 6.20 Å². The van der Waals surface area contributed by atoms with E-state index in [0.717, 1.165) is 5.69 Å². The van der Waals surface area contributed by atoms with Gasteiger partial charge in [0.1, 0.15) is 12.1 Å². The molecule has 1 aromatic rings. The molecule has 1 aliphatic rings. The fourth-order valence-corrected chi connectivity index (χ4v) is 2.43. The number of fused-ring (bicyclic) bond motifs is 1. The van der Waals surface area contributed by atoms with Gasteiger partial charge in [-0.25, -0.2) is 0 Å². The average molecular weight is 282 g/mol. The molecule has 0 spiro atoms. The molecule has 0 aliphatic carbocycles. The zero-order valence-corrected chi connectivity index (χ0v) is 11.4. The lowest BCUT2D eigenvalue weighted by atomic mass is 10.2. The van der Waals surface area contributed by atoms with Gasteiger partial charge in [-0.2, -0.15) is 8.42 Å². The molecule has 0 N–H and O–H groups in total. The number of para-hydroxylation sites is 2. The molecule has 0 amide bonds. The Morgan fingerprint density at radius 3 is 2.89 bits per heavy atom. The van der Waals surface area contributed by atoms with E-state index in [4.69, 9.17) is 4.74 Å². The first kappa shape index (κ1) is 13.6. The topological polar surface area (TPSA) is 68.2 Å². The van der Waals surface area contributed by atoms with Crippen LogP contribution in [0, 0.1) is 0 Å². The molecule has 102 valence electrons. The Morgan fingerprint density at radius 2 is 2.16 bits per heavy atom. The van der Waals surface area contributed by atoms with Gasteiger partial charge >= 0.3 is 10.3 Å². The summed E-state index contributed by atoms with van der Waals surface area (Å²) in [4.78, 5) is 1.62. The Labute approximate surface area is 112 Å². The lowest BCUT2D eigenvalue weighted by Gasteiger charge is -2.25. The van der Waals surface area contributed by atoms with Crippen molar-refractivity contribution in [1.29, 1.82) is 0 Å². The maximum Gasteiger partial charge on any atom is 0.382 e. The SMILES string of the molecule is CCOS(=O)(=O)/N=C(/C)N1C=COc2ccccc21. The van der Waals surface area contributed by atoms with Crippen molar-refractivity contribution in [3.8, 4) is 5.75 Å². The monoisotopic (exact) mass is 282 g/mol. The number of amidine groups is 1. The van der Waals surface area contributed by atoms with E-state index in [1.807, 2.05) is 18.2 Å². The Hall–Kier alpha value is -1.86. The molecule has 6 nitrogen and oxygen atoms in total. The van der Waals surface area contributed by atoms with Crippen LogP contribution in [0.3, 0.4) is 0 Å². The van der Waals surface area contributed by atoms with Crippen molar-refractivity contribution in [3.05, 3.63) is 36.7 Å². The molecule has 1 heterocycles. The summed E-state index contributed by atoms with van der Waals surface area (Å²) < 4.78 is 36.5. The molecule has 0 unspecified atom stereocenters. The highest BCUT2D eigenvalue weighted by Crippen LogP contribution is 2.31. The summed E-state index contributed by atoms with van der Waals surface area (Å²) in [6, 6.07) is 7.26. The van der Waals surface area contributed by atoms with Crippen molar-refractivity contribution in [1.82, 2.24) is 0 Å². The molecule has 0 saturated heterocycles. The Bertz CT molecular complexity index is 622. The fraction of sp³-hybridized carbons (Fsp3) is 0.250. The molecule has 0 saturated carbocycles. The first-order valence-corrected chi connectivity index (χ1v) is 7.07. The highest BCUT2D eigenvalue weighted by molar-refractivity contribution is 7.85. The normalized spacial score (nSPS) is 15.1. The van der Waals surface area contributed by atoms with Gasteiger partial charge in [0.2, 0.25) is 0 Å². The molecule has 2 rings (SSSR count). The Balaban J connectivity index is 2.34. The predicted molar refractivity (Wildman–Crippen MR) is 72.3 cm³/mol. The summed E-state index contributed by atoms with van der Waals surface area (Å²) >= 11 is 0. The summed E-state index contributed by atoms with van der Waals surface area (Å²) in [7, 11) is -3.91. The van der Waals surface area contributed by atoms with Gasteiger partial charge in [-0.05, 0) is 26.0 Å². The van der Waals surface area contributed by atoms with E-state index in [0.29, 0.717) is 5.75 Å². The van der Waals surface area contributed by atoms with Gasteiger partial charge < -0.3 is 4.74 Å². The lowest BCUT2D eigenvalue weighted by Crippen LogP contribution is -2.26. The minimum atomic E-state index is -3.91.